The predicted molar refractivity (Wildman–Crippen MR) is 175 cm³/mol. The Hall–Kier alpha value is -5.48. The average Bonchev–Trinajstić information content (AvgIpc) is 3.64. The standard InChI is InChI=1S/C38H30N4/c1-27-3-7-29(8-4-27)11-13-31-15-21-37-39-35(25-41(37)23-31)33-17-19-34(20-18-33)36-26-42-24-32(16-22-38(42)40-36)14-12-30-9-5-28(2)6-10-30/h3-26H,1-2H3/b13-11+,14-12+. The molecule has 4 aromatic heterocycles. The fourth-order valence-electron chi connectivity index (χ4n) is 5.05. The van der Waals surface area contributed by atoms with Crippen LogP contribution in [0.5, 0.6) is 0 Å². The van der Waals surface area contributed by atoms with E-state index in [1.54, 1.807) is 0 Å². The van der Waals surface area contributed by atoms with Crippen molar-refractivity contribution in [3.63, 3.8) is 0 Å². The Morgan fingerprint density at radius 2 is 0.762 bits per heavy atom. The van der Waals surface area contributed by atoms with Crippen LogP contribution in [0.3, 0.4) is 0 Å². The molecule has 0 saturated carbocycles. The van der Waals surface area contributed by atoms with Crippen molar-refractivity contribution in [2.75, 3.05) is 0 Å². The number of aromatic nitrogens is 4. The first-order chi connectivity index (χ1) is 20.6. The lowest BCUT2D eigenvalue weighted by molar-refractivity contribution is 1.18. The van der Waals surface area contributed by atoms with Crippen LogP contribution in [-0.2, 0) is 0 Å². The third kappa shape index (κ3) is 5.43. The van der Waals surface area contributed by atoms with E-state index in [9.17, 15) is 0 Å². The van der Waals surface area contributed by atoms with Gasteiger partial charge in [-0.15, -0.1) is 0 Å². The Morgan fingerprint density at radius 1 is 0.405 bits per heavy atom. The third-order valence-electron chi connectivity index (χ3n) is 7.52. The van der Waals surface area contributed by atoms with Gasteiger partial charge in [0.15, 0.2) is 0 Å². The minimum absolute atomic E-state index is 0.925. The van der Waals surface area contributed by atoms with Crippen molar-refractivity contribution in [3.8, 4) is 22.5 Å². The summed E-state index contributed by atoms with van der Waals surface area (Å²) >= 11 is 0. The van der Waals surface area contributed by atoms with Crippen molar-refractivity contribution in [2.45, 2.75) is 13.8 Å². The minimum atomic E-state index is 0.925. The fraction of sp³-hybridized carbons (Fsp3) is 0.0526. The molecule has 4 nitrogen and oxygen atoms in total. The lowest BCUT2D eigenvalue weighted by Crippen LogP contribution is -1.83. The van der Waals surface area contributed by atoms with Gasteiger partial charge < -0.3 is 8.80 Å². The normalized spacial score (nSPS) is 11.9. The molecule has 0 spiro atoms. The van der Waals surface area contributed by atoms with Gasteiger partial charge in [-0.25, -0.2) is 9.97 Å². The van der Waals surface area contributed by atoms with Crippen LogP contribution in [0.25, 0.3) is 58.1 Å². The van der Waals surface area contributed by atoms with Gasteiger partial charge in [0.1, 0.15) is 11.3 Å². The molecular weight excluding hydrogens is 512 g/mol. The van der Waals surface area contributed by atoms with E-state index in [-0.39, 0.29) is 0 Å². The van der Waals surface area contributed by atoms with Crippen LogP contribution in [-0.4, -0.2) is 18.8 Å². The molecule has 4 heteroatoms. The molecule has 0 amide bonds. The zero-order valence-corrected chi connectivity index (χ0v) is 23.6. The number of rotatable bonds is 6. The number of nitrogens with zero attached hydrogens (tertiary/aromatic N) is 4. The van der Waals surface area contributed by atoms with Gasteiger partial charge in [0.25, 0.3) is 0 Å². The highest BCUT2D eigenvalue weighted by Crippen LogP contribution is 2.25. The Labute approximate surface area is 245 Å². The Bertz CT molecular complexity index is 1920. The highest BCUT2D eigenvalue weighted by Gasteiger charge is 2.08. The van der Waals surface area contributed by atoms with Gasteiger partial charge in [0.05, 0.1) is 11.4 Å². The van der Waals surface area contributed by atoms with E-state index in [4.69, 9.17) is 9.97 Å². The van der Waals surface area contributed by atoms with Gasteiger partial charge in [-0.3, -0.25) is 0 Å². The van der Waals surface area contributed by atoms with Crippen LogP contribution in [0.1, 0.15) is 33.4 Å². The minimum Gasteiger partial charge on any atom is -0.306 e. The van der Waals surface area contributed by atoms with Gasteiger partial charge >= 0.3 is 0 Å². The van der Waals surface area contributed by atoms with Crippen LogP contribution in [0, 0.1) is 13.8 Å². The Morgan fingerprint density at radius 3 is 1.17 bits per heavy atom. The molecule has 7 rings (SSSR count). The predicted octanol–water partition coefficient (Wildman–Crippen LogP) is 9.27. The number of hydrogen-bond donors (Lipinski definition) is 0. The highest BCUT2D eigenvalue weighted by atomic mass is 15.0. The zero-order chi connectivity index (χ0) is 28.5. The molecule has 0 bridgehead atoms. The topological polar surface area (TPSA) is 34.6 Å². The maximum atomic E-state index is 4.86. The first-order valence-corrected chi connectivity index (χ1v) is 14.1. The number of imidazole rings is 2. The van der Waals surface area contributed by atoms with Crippen molar-refractivity contribution in [1.29, 1.82) is 0 Å². The molecular formula is C38H30N4. The van der Waals surface area contributed by atoms with Gasteiger partial charge in [0, 0.05) is 35.9 Å². The molecule has 0 atom stereocenters. The molecule has 4 heterocycles. The number of pyridine rings is 2. The van der Waals surface area contributed by atoms with E-state index in [1.165, 1.54) is 22.3 Å². The lowest BCUT2D eigenvalue weighted by Gasteiger charge is -1.99. The first-order valence-electron chi connectivity index (χ1n) is 14.1. The van der Waals surface area contributed by atoms with Crippen molar-refractivity contribution in [1.82, 2.24) is 18.8 Å². The second-order valence-corrected chi connectivity index (χ2v) is 10.8. The van der Waals surface area contributed by atoms with Crippen LogP contribution >= 0.6 is 0 Å². The molecule has 0 aliphatic carbocycles. The third-order valence-corrected chi connectivity index (χ3v) is 7.52. The lowest BCUT2D eigenvalue weighted by atomic mass is 10.1. The number of fused-ring (bicyclic) bond motifs is 2. The quantitative estimate of drug-likeness (QED) is 0.210. The summed E-state index contributed by atoms with van der Waals surface area (Å²) in [5, 5.41) is 0. The molecule has 202 valence electrons. The van der Waals surface area contributed by atoms with Gasteiger partial charge in [-0.1, -0.05) is 108 Å². The second kappa shape index (κ2) is 10.8. The summed E-state index contributed by atoms with van der Waals surface area (Å²) in [7, 11) is 0. The van der Waals surface area contributed by atoms with Crippen LogP contribution < -0.4 is 0 Å². The summed E-state index contributed by atoms with van der Waals surface area (Å²) in [6.07, 6.45) is 17.0. The average molecular weight is 543 g/mol. The summed E-state index contributed by atoms with van der Waals surface area (Å²) in [6, 6.07) is 33.9. The Balaban J connectivity index is 1.09. The van der Waals surface area contributed by atoms with E-state index in [1.807, 2.05) is 0 Å². The fourth-order valence-corrected chi connectivity index (χ4v) is 5.05. The van der Waals surface area contributed by atoms with Gasteiger partial charge in [0.2, 0.25) is 0 Å². The molecule has 0 saturated heterocycles. The van der Waals surface area contributed by atoms with E-state index in [0.717, 1.165) is 44.9 Å². The SMILES string of the molecule is Cc1ccc(/C=C/c2ccc3nc(-c4ccc(-c5cn6cc(/C=C/c7ccc(C)cc7)ccc6n5)cc4)cn3c2)cc1. The monoisotopic (exact) mass is 542 g/mol. The molecule has 0 fully saturated rings. The first kappa shape index (κ1) is 25.5. The summed E-state index contributed by atoms with van der Waals surface area (Å²) in [6.45, 7) is 4.21. The van der Waals surface area contributed by atoms with Crippen molar-refractivity contribution >= 4 is 35.6 Å². The van der Waals surface area contributed by atoms with Crippen molar-refractivity contribution < 1.29 is 0 Å². The summed E-state index contributed by atoms with van der Waals surface area (Å²) in [5.74, 6) is 0. The molecule has 7 aromatic rings. The molecule has 0 N–H and O–H groups in total. The second-order valence-electron chi connectivity index (χ2n) is 10.8. The molecule has 0 unspecified atom stereocenters. The molecule has 0 radical (unpaired) electrons. The number of benzene rings is 3. The summed E-state index contributed by atoms with van der Waals surface area (Å²) in [5.41, 5.74) is 13.1. The molecule has 0 aliphatic rings. The van der Waals surface area contributed by atoms with Crippen LogP contribution in [0.4, 0.5) is 0 Å². The molecule has 3 aromatic carbocycles. The van der Waals surface area contributed by atoms with E-state index in [0.29, 0.717) is 0 Å². The summed E-state index contributed by atoms with van der Waals surface area (Å²) in [4.78, 5) is 9.71. The maximum Gasteiger partial charge on any atom is 0.137 e. The van der Waals surface area contributed by atoms with E-state index in [2.05, 4.69) is 169 Å². The van der Waals surface area contributed by atoms with Crippen molar-refractivity contribution in [2.24, 2.45) is 0 Å². The Kier molecular flexibility index (Phi) is 6.57. The maximum absolute atomic E-state index is 4.86. The largest absolute Gasteiger partial charge is 0.306 e. The van der Waals surface area contributed by atoms with Crippen LogP contribution in [0.15, 0.2) is 122 Å². The van der Waals surface area contributed by atoms with Crippen molar-refractivity contribution in [3.05, 3.63) is 155 Å². The summed E-state index contributed by atoms with van der Waals surface area (Å²) < 4.78 is 4.18. The smallest absolute Gasteiger partial charge is 0.137 e. The van der Waals surface area contributed by atoms with Crippen LogP contribution in [0.2, 0.25) is 0 Å². The number of aryl methyl sites for hydroxylation is 2. The molecule has 42 heavy (non-hydrogen) atoms. The zero-order valence-electron chi connectivity index (χ0n) is 23.6. The van der Waals surface area contributed by atoms with Gasteiger partial charge in [-0.2, -0.15) is 0 Å². The highest BCUT2D eigenvalue weighted by molar-refractivity contribution is 5.73. The van der Waals surface area contributed by atoms with E-state index < -0.39 is 0 Å². The molecule has 0 aliphatic heterocycles. The number of hydrogen-bond acceptors (Lipinski definition) is 2. The van der Waals surface area contributed by atoms with Gasteiger partial charge in [-0.05, 0) is 60.4 Å². The van der Waals surface area contributed by atoms with E-state index >= 15 is 0 Å².